The Hall–Kier alpha value is -1.69. The van der Waals surface area contributed by atoms with Crippen LogP contribution in [-0.4, -0.2) is 38.4 Å². The molecule has 0 spiro atoms. The Balaban J connectivity index is 1.41. The summed E-state index contributed by atoms with van der Waals surface area (Å²) in [4.78, 5) is 6.64. The molecule has 0 bridgehead atoms. The molecule has 2 unspecified atom stereocenters. The van der Waals surface area contributed by atoms with E-state index >= 15 is 0 Å². The average Bonchev–Trinajstić information content (AvgIpc) is 3.06. The second-order valence-corrected chi connectivity index (χ2v) is 9.38. The molecule has 3 aliphatic rings. The van der Waals surface area contributed by atoms with Gasteiger partial charge in [0.1, 0.15) is 11.3 Å². The van der Waals surface area contributed by atoms with Gasteiger partial charge in [-0.2, -0.15) is 0 Å². The molecule has 3 heterocycles. The molecule has 2 aromatic rings. The smallest absolute Gasteiger partial charge is 0.151 e. The summed E-state index contributed by atoms with van der Waals surface area (Å²) in [5, 5.41) is 10.0. The number of aromatic nitrogens is 3. The van der Waals surface area contributed by atoms with Crippen molar-refractivity contribution in [2.45, 2.75) is 50.2 Å². The van der Waals surface area contributed by atoms with E-state index in [1.165, 1.54) is 11.3 Å². The van der Waals surface area contributed by atoms with Crippen LogP contribution in [0.1, 0.15) is 48.8 Å². The first-order valence-electron chi connectivity index (χ1n) is 10.4. The molecule has 0 N–H and O–H groups in total. The maximum atomic E-state index is 6.46. The molecule has 0 saturated heterocycles. The highest BCUT2D eigenvalue weighted by Crippen LogP contribution is 2.42. The molecular formula is C22H25Cl2N5. The van der Waals surface area contributed by atoms with Crippen LogP contribution in [0.2, 0.25) is 5.02 Å². The number of rotatable bonds is 2. The van der Waals surface area contributed by atoms with Gasteiger partial charge in [-0.25, -0.2) is 0 Å². The number of fused-ring (bicyclic) bond motifs is 3. The van der Waals surface area contributed by atoms with E-state index in [-0.39, 0.29) is 5.50 Å². The zero-order chi connectivity index (χ0) is 20.0. The van der Waals surface area contributed by atoms with Crippen molar-refractivity contribution in [2.24, 2.45) is 16.8 Å². The highest BCUT2D eigenvalue weighted by atomic mass is 35.5. The summed E-state index contributed by atoms with van der Waals surface area (Å²) in [5.41, 5.74) is 2.27. The highest BCUT2D eigenvalue weighted by molar-refractivity contribution is 6.30. The van der Waals surface area contributed by atoms with Gasteiger partial charge in [0, 0.05) is 29.6 Å². The van der Waals surface area contributed by atoms with E-state index in [1.54, 1.807) is 0 Å². The predicted molar refractivity (Wildman–Crippen MR) is 117 cm³/mol. The topological polar surface area (TPSA) is 46.3 Å². The number of hydrogen-bond acceptors (Lipinski definition) is 4. The first-order valence-corrected chi connectivity index (χ1v) is 11.2. The van der Waals surface area contributed by atoms with Gasteiger partial charge >= 0.3 is 0 Å². The van der Waals surface area contributed by atoms with E-state index in [1.807, 2.05) is 18.4 Å². The van der Waals surface area contributed by atoms with E-state index in [0.717, 1.165) is 55.4 Å². The van der Waals surface area contributed by atoms with E-state index in [4.69, 9.17) is 23.2 Å². The van der Waals surface area contributed by atoms with Crippen molar-refractivity contribution in [1.29, 1.82) is 0 Å². The molecule has 0 radical (unpaired) electrons. The van der Waals surface area contributed by atoms with E-state index in [0.29, 0.717) is 17.8 Å². The molecule has 1 fully saturated rings. The Labute approximate surface area is 181 Å². The minimum Gasteiger partial charge on any atom is -0.295 e. The van der Waals surface area contributed by atoms with Crippen molar-refractivity contribution in [3.05, 3.63) is 52.6 Å². The number of dihydropyridines is 1. The second-order valence-electron chi connectivity index (χ2n) is 8.50. The lowest BCUT2D eigenvalue weighted by atomic mass is 9.75. The standard InChI is InChI=1S/C22H25Cl2N5/c1-28-12-16-11-17(23)8-9-19(16)29-20(13-28)26-27-22(29)15-6-4-14(5-7-15)18-3-2-10-25-21(18)24/h2-3,8-11,14-15,18,21H,4-7,12-13H2,1H3/t14-,15-,18?,21?. The van der Waals surface area contributed by atoms with Gasteiger partial charge in [0.05, 0.1) is 12.2 Å². The lowest BCUT2D eigenvalue weighted by Crippen LogP contribution is -2.27. The van der Waals surface area contributed by atoms with Crippen molar-refractivity contribution in [1.82, 2.24) is 19.7 Å². The molecular weight excluding hydrogens is 405 g/mol. The number of hydrogen-bond donors (Lipinski definition) is 0. The van der Waals surface area contributed by atoms with Crippen molar-refractivity contribution in [3.8, 4) is 5.69 Å². The molecule has 152 valence electrons. The summed E-state index contributed by atoms with van der Waals surface area (Å²) in [5.74, 6) is 3.46. The summed E-state index contributed by atoms with van der Waals surface area (Å²) >= 11 is 12.7. The van der Waals surface area contributed by atoms with Crippen LogP contribution in [0.5, 0.6) is 0 Å². The summed E-state index contributed by atoms with van der Waals surface area (Å²) in [7, 11) is 2.11. The lowest BCUT2D eigenvalue weighted by molar-refractivity contribution is 0.255. The Morgan fingerprint density at radius 1 is 1.07 bits per heavy atom. The van der Waals surface area contributed by atoms with E-state index in [2.05, 4.69) is 49.9 Å². The molecule has 2 aliphatic heterocycles. The maximum absolute atomic E-state index is 6.46. The zero-order valence-corrected chi connectivity index (χ0v) is 18.0. The van der Waals surface area contributed by atoms with Crippen molar-refractivity contribution < 1.29 is 0 Å². The number of benzene rings is 1. The first kappa shape index (κ1) is 19.3. The number of allylic oxidation sites excluding steroid dienone is 1. The van der Waals surface area contributed by atoms with Gasteiger partial charge in [-0.3, -0.25) is 14.5 Å². The van der Waals surface area contributed by atoms with Gasteiger partial charge in [-0.1, -0.05) is 29.3 Å². The molecule has 1 saturated carbocycles. The van der Waals surface area contributed by atoms with Crippen LogP contribution in [0.4, 0.5) is 0 Å². The largest absolute Gasteiger partial charge is 0.295 e. The minimum absolute atomic E-state index is 0.127. The molecule has 7 heteroatoms. The van der Waals surface area contributed by atoms with Crippen molar-refractivity contribution in [2.75, 3.05) is 7.05 Å². The van der Waals surface area contributed by atoms with Crippen LogP contribution in [-0.2, 0) is 13.1 Å². The Morgan fingerprint density at radius 3 is 2.69 bits per heavy atom. The fraction of sp³-hybridized carbons (Fsp3) is 0.500. The Morgan fingerprint density at radius 2 is 1.90 bits per heavy atom. The number of alkyl halides is 1. The molecule has 1 aromatic carbocycles. The van der Waals surface area contributed by atoms with E-state index in [9.17, 15) is 0 Å². The van der Waals surface area contributed by atoms with Gasteiger partial charge in [-0.15, -0.1) is 10.2 Å². The third-order valence-corrected chi connectivity index (χ3v) is 7.17. The van der Waals surface area contributed by atoms with Crippen LogP contribution in [0.25, 0.3) is 5.69 Å². The molecule has 0 amide bonds. The zero-order valence-electron chi connectivity index (χ0n) is 16.5. The number of nitrogens with zero attached hydrogens (tertiary/aromatic N) is 5. The second kappa shape index (κ2) is 7.86. The Bertz CT molecular complexity index is 958. The predicted octanol–water partition coefficient (Wildman–Crippen LogP) is 4.96. The normalized spacial score (nSPS) is 29.3. The summed E-state index contributed by atoms with van der Waals surface area (Å²) in [6.07, 6.45) is 10.6. The van der Waals surface area contributed by atoms with Crippen LogP contribution >= 0.6 is 23.2 Å². The van der Waals surface area contributed by atoms with Crippen LogP contribution < -0.4 is 0 Å². The minimum atomic E-state index is -0.127. The quantitative estimate of drug-likeness (QED) is 0.500. The fourth-order valence-electron chi connectivity index (χ4n) is 5.09. The molecule has 2 atom stereocenters. The fourth-order valence-corrected chi connectivity index (χ4v) is 5.64. The van der Waals surface area contributed by atoms with Gasteiger partial charge in [-0.05, 0) is 68.5 Å². The van der Waals surface area contributed by atoms with Gasteiger partial charge in [0.2, 0.25) is 0 Å². The highest BCUT2D eigenvalue weighted by Gasteiger charge is 2.34. The van der Waals surface area contributed by atoms with Crippen molar-refractivity contribution in [3.63, 3.8) is 0 Å². The monoisotopic (exact) mass is 429 g/mol. The molecule has 5 rings (SSSR count). The van der Waals surface area contributed by atoms with Crippen LogP contribution in [0.15, 0.2) is 35.3 Å². The average molecular weight is 430 g/mol. The van der Waals surface area contributed by atoms with Crippen LogP contribution in [0, 0.1) is 11.8 Å². The lowest BCUT2D eigenvalue weighted by Gasteiger charge is -2.34. The summed E-state index contributed by atoms with van der Waals surface area (Å²) < 4.78 is 2.29. The number of halogens is 2. The SMILES string of the molecule is CN1Cc2cc(Cl)ccc2-n2c(nnc2[C@H]2CC[C@H](C3C=CC=NC3Cl)CC2)C1. The Kier molecular flexibility index (Phi) is 5.23. The van der Waals surface area contributed by atoms with Gasteiger partial charge < -0.3 is 0 Å². The molecule has 29 heavy (non-hydrogen) atoms. The molecule has 1 aromatic heterocycles. The maximum Gasteiger partial charge on any atom is 0.151 e. The van der Waals surface area contributed by atoms with E-state index < -0.39 is 0 Å². The third kappa shape index (κ3) is 3.65. The third-order valence-electron chi connectivity index (χ3n) is 6.54. The molecule has 5 nitrogen and oxygen atoms in total. The van der Waals surface area contributed by atoms with Gasteiger partial charge in [0.15, 0.2) is 5.82 Å². The van der Waals surface area contributed by atoms with Crippen LogP contribution in [0.3, 0.4) is 0 Å². The molecule has 1 aliphatic carbocycles. The number of aliphatic imine (C=N–C) groups is 1. The summed E-state index contributed by atoms with van der Waals surface area (Å²) in [6, 6.07) is 6.15. The first-order chi connectivity index (χ1) is 14.1. The van der Waals surface area contributed by atoms with Crippen molar-refractivity contribution >= 4 is 29.4 Å². The summed E-state index contributed by atoms with van der Waals surface area (Å²) in [6.45, 7) is 1.64. The van der Waals surface area contributed by atoms with Gasteiger partial charge in [0.25, 0.3) is 0 Å².